The largest absolute Gasteiger partial charge is 0.491 e. The van der Waals surface area contributed by atoms with Gasteiger partial charge in [-0.25, -0.2) is 0 Å². The molecule has 2 aromatic rings. The van der Waals surface area contributed by atoms with Gasteiger partial charge in [-0.05, 0) is 65.4 Å². The van der Waals surface area contributed by atoms with Crippen LogP contribution in [0.15, 0.2) is 42.5 Å². The van der Waals surface area contributed by atoms with E-state index in [1.54, 1.807) is 24.3 Å². The predicted octanol–water partition coefficient (Wildman–Crippen LogP) is 4.99. The molecule has 0 aliphatic carbocycles. The molecule has 1 amide bonds. The van der Waals surface area contributed by atoms with Crippen LogP contribution in [0.4, 0.5) is 5.69 Å². The van der Waals surface area contributed by atoms with Crippen LogP contribution in [0.5, 0.6) is 5.75 Å². The number of nitrogens with one attached hydrogen (secondary N) is 1. The lowest BCUT2D eigenvalue weighted by Crippen LogP contribution is -2.13. The molecule has 0 fully saturated rings. The van der Waals surface area contributed by atoms with Crippen LogP contribution in [0.25, 0.3) is 0 Å². The molecule has 110 valence electrons. The summed E-state index contributed by atoms with van der Waals surface area (Å²) >= 11 is 8.17. The van der Waals surface area contributed by atoms with Crippen LogP contribution in [0, 0.1) is 3.57 Å². The summed E-state index contributed by atoms with van der Waals surface area (Å²) < 4.78 is 6.64. The summed E-state index contributed by atoms with van der Waals surface area (Å²) in [5.41, 5.74) is 1.18. The van der Waals surface area contributed by atoms with E-state index in [4.69, 9.17) is 16.3 Å². The zero-order valence-electron chi connectivity index (χ0n) is 11.5. The highest BCUT2D eigenvalue weighted by atomic mass is 127. The smallest absolute Gasteiger partial charge is 0.255 e. The van der Waals surface area contributed by atoms with Crippen LogP contribution in [-0.4, -0.2) is 12.5 Å². The fourth-order valence-electron chi connectivity index (χ4n) is 1.76. The average Bonchev–Trinajstić information content (AvgIpc) is 2.46. The third-order valence-corrected chi connectivity index (χ3v) is 3.64. The topological polar surface area (TPSA) is 38.3 Å². The number of amides is 1. The monoisotopic (exact) mass is 415 g/mol. The van der Waals surface area contributed by atoms with Crippen LogP contribution in [0.3, 0.4) is 0 Å². The third-order valence-electron chi connectivity index (χ3n) is 2.74. The molecule has 0 saturated heterocycles. The van der Waals surface area contributed by atoms with Gasteiger partial charge < -0.3 is 10.1 Å². The minimum absolute atomic E-state index is 0.183. The maximum Gasteiger partial charge on any atom is 0.255 e. The first-order valence-corrected chi connectivity index (χ1v) is 8.05. The molecule has 0 aliphatic heterocycles. The first kappa shape index (κ1) is 16.1. The van der Waals surface area contributed by atoms with Gasteiger partial charge in [0.25, 0.3) is 5.91 Å². The zero-order valence-corrected chi connectivity index (χ0v) is 14.4. The van der Waals surface area contributed by atoms with Crippen LogP contribution in [-0.2, 0) is 0 Å². The van der Waals surface area contributed by atoms with Gasteiger partial charge in [0.1, 0.15) is 5.75 Å². The van der Waals surface area contributed by atoms with Gasteiger partial charge in [0.2, 0.25) is 0 Å². The zero-order chi connectivity index (χ0) is 15.2. The van der Waals surface area contributed by atoms with Crippen LogP contribution in [0.2, 0.25) is 5.02 Å². The minimum atomic E-state index is -0.183. The van der Waals surface area contributed by atoms with Crippen molar-refractivity contribution in [2.75, 3.05) is 11.9 Å². The third kappa shape index (κ3) is 4.61. The van der Waals surface area contributed by atoms with E-state index in [-0.39, 0.29) is 5.91 Å². The van der Waals surface area contributed by atoms with Crippen molar-refractivity contribution in [3.05, 3.63) is 56.6 Å². The maximum absolute atomic E-state index is 12.3. The lowest BCUT2D eigenvalue weighted by molar-refractivity contribution is 0.102. The van der Waals surface area contributed by atoms with Gasteiger partial charge >= 0.3 is 0 Å². The van der Waals surface area contributed by atoms with Crippen molar-refractivity contribution in [2.45, 2.75) is 13.3 Å². The number of carbonyl (C=O) groups is 1. The van der Waals surface area contributed by atoms with Crippen LogP contribution >= 0.6 is 34.2 Å². The normalized spacial score (nSPS) is 10.2. The number of halogens is 2. The Morgan fingerprint density at radius 2 is 2.10 bits per heavy atom. The lowest BCUT2D eigenvalue weighted by atomic mass is 10.2. The molecule has 3 nitrogen and oxygen atoms in total. The molecule has 1 N–H and O–H groups in total. The molecule has 2 rings (SSSR count). The number of hydrogen-bond donors (Lipinski definition) is 1. The van der Waals surface area contributed by atoms with Gasteiger partial charge in [0.15, 0.2) is 0 Å². The maximum atomic E-state index is 12.3. The van der Waals surface area contributed by atoms with E-state index in [0.29, 0.717) is 28.6 Å². The second-order valence-electron chi connectivity index (χ2n) is 4.45. The van der Waals surface area contributed by atoms with Crippen molar-refractivity contribution in [3.8, 4) is 5.75 Å². The summed E-state index contributed by atoms with van der Waals surface area (Å²) in [7, 11) is 0. The van der Waals surface area contributed by atoms with Crippen molar-refractivity contribution in [1.29, 1.82) is 0 Å². The molecule has 21 heavy (non-hydrogen) atoms. The Bertz CT molecular complexity index is 646. The Kier molecular flexibility index (Phi) is 5.87. The summed E-state index contributed by atoms with van der Waals surface area (Å²) in [6, 6.07) is 12.6. The van der Waals surface area contributed by atoms with Gasteiger partial charge in [-0.2, -0.15) is 0 Å². The summed E-state index contributed by atoms with van der Waals surface area (Å²) in [5, 5.41) is 3.40. The molecule has 0 saturated carbocycles. The van der Waals surface area contributed by atoms with E-state index < -0.39 is 0 Å². The fourth-order valence-corrected chi connectivity index (χ4v) is 2.48. The number of rotatable bonds is 5. The molecule has 0 radical (unpaired) electrons. The molecule has 5 heteroatoms. The summed E-state index contributed by atoms with van der Waals surface area (Å²) in [6.45, 7) is 2.62. The number of benzene rings is 2. The lowest BCUT2D eigenvalue weighted by Gasteiger charge is -2.12. The van der Waals surface area contributed by atoms with Gasteiger partial charge in [-0.3, -0.25) is 4.79 Å². The highest BCUT2D eigenvalue weighted by molar-refractivity contribution is 14.1. The van der Waals surface area contributed by atoms with E-state index in [0.717, 1.165) is 9.99 Å². The molecule has 0 spiro atoms. The van der Waals surface area contributed by atoms with Gasteiger partial charge in [0.05, 0.1) is 12.3 Å². The Labute approximate surface area is 142 Å². The van der Waals surface area contributed by atoms with E-state index >= 15 is 0 Å². The van der Waals surface area contributed by atoms with Crippen LogP contribution in [0.1, 0.15) is 23.7 Å². The van der Waals surface area contributed by atoms with Crippen molar-refractivity contribution in [2.24, 2.45) is 0 Å². The quantitative estimate of drug-likeness (QED) is 0.699. The number of carbonyl (C=O) groups excluding carboxylic acids is 1. The van der Waals surface area contributed by atoms with E-state index in [2.05, 4.69) is 27.9 Å². The van der Waals surface area contributed by atoms with Gasteiger partial charge in [0, 0.05) is 14.2 Å². The SMILES string of the molecule is CCCOc1ccc(Cl)cc1NC(=O)c1cccc(I)c1. The highest BCUT2D eigenvalue weighted by Gasteiger charge is 2.11. The van der Waals surface area contributed by atoms with Crippen molar-refractivity contribution in [3.63, 3.8) is 0 Å². The molecule has 0 unspecified atom stereocenters. The van der Waals surface area contributed by atoms with Crippen molar-refractivity contribution in [1.82, 2.24) is 0 Å². The molecule has 0 heterocycles. The second-order valence-corrected chi connectivity index (χ2v) is 6.14. The predicted molar refractivity (Wildman–Crippen MR) is 94.4 cm³/mol. The van der Waals surface area contributed by atoms with Gasteiger partial charge in [-0.1, -0.05) is 24.6 Å². The number of ether oxygens (including phenoxy) is 1. The van der Waals surface area contributed by atoms with Crippen molar-refractivity contribution >= 4 is 45.8 Å². The molecule has 0 aromatic heterocycles. The summed E-state index contributed by atoms with van der Waals surface area (Å²) in [4.78, 5) is 12.3. The minimum Gasteiger partial charge on any atom is -0.491 e. The van der Waals surface area contributed by atoms with E-state index in [9.17, 15) is 4.79 Å². The summed E-state index contributed by atoms with van der Waals surface area (Å²) in [6.07, 6.45) is 0.896. The Hall–Kier alpha value is -1.27. The standard InChI is InChI=1S/C16H15ClINO2/c1-2-8-21-15-7-6-12(17)10-14(15)19-16(20)11-4-3-5-13(18)9-11/h3-7,9-10H,2,8H2,1H3,(H,19,20). The molecule has 0 aliphatic rings. The molecule has 0 atom stereocenters. The molecular weight excluding hydrogens is 401 g/mol. The van der Waals surface area contributed by atoms with E-state index in [1.807, 2.05) is 25.1 Å². The highest BCUT2D eigenvalue weighted by Crippen LogP contribution is 2.28. The van der Waals surface area contributed by atoms with Crippen molar-refractivity contribution < 1.29 is 9.53 Å². The average molecular weight is 416 g/mol. The number of hydrogen-bond acceptors (Lipinski definition) is 2. The Morgan fingerprint density at radius 1 is 1.29 bits per heavy atom. The first-order chi connectivity index (χ1) is 10.1. The molecule has 2 aromatic carbocycles. The van der Waals surface area contributed by atoms with Gasteiger partial charge in [-0.15, -0.1) is 0 Å². The Morgan fingerprint density at radius 3 is 2.81 bits per heavy atom. The first-order valence-electron chi connectivity index (χ1n) is 6.59. The molecular formula is C16H15ClINO2. The fraction of sp³-hybridized carbons (Fsp3) is 0.188. The summed E-state index contributed by atoms with van der Waals surface area (Å²) in [5.74, 6) is 0.442. The van der Waals surface area contributed by atoms with Crippen LogP contribution < -0.4 is 10.1 Å². The number of anilines is 1. The molecule has 0 bridgehead atoms. The Balaban J connectivity index is 2.21. The second kappa shape index (κ2) is 7.66. The van der Waals surface area contributed by atoms with E-state index in [1.165, 1.54) is 0 Å².